The number of halogens is 6. The molecule has 11 heteroatoms. The molecule has 168 valence electrons. The van der Waals surface area contributed by atoms with E-state index in [1.807, 2.05) is 0 Å². The number of aliphatic imine (C=N–C) groups is 1. The Labute approximate surface area is 174 Å². The van der Waals surface area contributed by atoms with E-state index < -0.39 is 35.9 Å². The molecule has 0 aliphatic carbocycles. The summed E-state index contributed by atoms with van der Waals surface area (Å²) in [6.45, 7) is 1.36. The van der Waals surface area contributed by atoms with Crippen LogP contribution in [0.2, 0.25) is 0 Å². The maximum atomic E-state index is 12.7. The summed E-state index contributed by atoms with van der Waals surface area (Å²) in [5.41, 5.74) is 4.67. The van der Waals surface area contributed by atoms with Crippen LogP contribution in [0.5, 0.6) is 0 Å². The van der Waals surface area contributed by atoms with E-state index in [-0.39, 0.29) is 11.3 Å². The number of nitrogens with one attached hydrogen (secondary N) is 1. The molecule has 0 spiro atoms. The number of amides is 1. The Morgan fingerprint density at radius 3 is 2.35 bits per heavy atom. The van der Waals surface area contributed by atoms with Gasteiger partial charge in [-0.3, -0.25) is 14.8 Å². The van der Waals surface area contributed by atoms with E-state index >= 15 is 0 Å². The van der Waals surface area contributed by atoms with E-state index in [1.54, 1.807) is 0 Å². The Hall–Kier alpha value is -3.11. The number of benzene rings is 1. The predicted octanol–water partition coefficient (Wildman–Crippen LogP) is 4.96. The second-order valence-corrected chi connectivity index (χ2v) is 6.76. The van der Waals surface area contributed by atoms with Gasteiger partial charge in [-0.1, -0.05) is 0 Å². The Kier molecular flexibility index (Phi) is 8.01. The standard InChI is InChI=1S/C14H10F4N2O.C6H10F2N2/c1-8-6-9(14(16,17)18)7-19-12(8)13(21)20-11-4-2-10(15)3-5-11;7-6(8)4-2-1-3-5(9)10-4/h2-7H,1H3,(H,20,21);4,6H,1-3H2,(H2,9,10). The number of anilines is 1. The first-order valence-electron chi connectivity index (χ1n) is 9.18. The Bertz CT molecular complexity index is 928. The Morgan fingerprint density at radius 1 is 1.23 bits per heavy atom. The lowest BCUT2D eigenvalue weighted by Crippen LogP contribution is -2.26. The van der Waals surface area contributed by atoms with Crippen molar-refractivity contribution in [2.24, 2.45) is 10.7 Å². The van der Waals surface area contributed by atoms with Gasteiger partial charge >= 0.3 is 6.18 Å². The second kappa shape index (κ2) is 10.3. The zero-order valence-corrected chi connectivity index (χ0v) is 16.4. The molecule has 0 saturated carbocycles. The van der Waals surface area contributed by atoms with Gasteiger partial charge in [0.25, 0.3) is 12.3 Å². The number of nitrogens with zero attached hydrogens (tertiary/aromatic N) is 2. The van der Waals surface area contributed by atoms with E-state index in [2.05, 4.69) is 15.3 Å². The summed E-state index contributed by atoms with van der Waals surface area (Å²) in [6, 6.07) is 5.01. The molecule has 2 aromatic rings. The number of hydrogen-bond donors (Lipinski definition) is 2. The molecule has 0 saturated heterocycles. The molecule has 5 nitrogen and oxygen atoms in total. The molecule has 1 atom stereocenters. The molecule has 1 aromatic carbocycles. The summed E-state index contributed by atoms with van der Waals surface area (Å²) in [4.78, 5) is 19.1. The first-order valence-corrected chi connectivity index (χ1v) is 9.18. The maximum absolute atomic E-state index is 12.7. The van der Waals surface area contributed by atoms with Crippen molar-refractivity contribution in [1.82, 2.24) is 4.98 Å². The van der Waals surface area contributed by atoms with Crippen molar-refractivity contribution < 1.29 is 31.1 Å². The largest absolute Gasteiger partial charge is 0.417 e. The second-order valence-electron chi connectivity index (χ2n) is 6.76. The van der Waals surface area contributed by atoms with Gasteiger partial charge in [0.05, 0.1) is 11.4 Å². The van der Waals surface area contributed by atoms with Crippen LogP contribution in [-0.2, 0) is 6.18 Å². The number of rotatable bonds is 3. The molecular weight excluding hydrogens is 426 g/mol. The zero-order valence-electron chi connectivity index (χ0n) is 16.4. The summed E-state index contributed by atoms with van der Waals surface area (Å²) >= 11 is 0. The average Bonchev–Trinajstić information content (AvgIpc) is 2.69. The number of pyridine rings is 1. The smallest absolute Gasteiger partial charge is 0.387 e. The monoisotopic (exact) mass is 446 g/mol. The normalized spacial score (nSPS) is 16.3. The predicted molar refractivity (Wildman–Crippen MR) is 104 cm³/mol. The molecule has 1 aromatic heterocycles. The number of nitrogens with two attached hydrogens (primary N) is 1. The molecule has 31 heavy (non-hydrogen) atoms. The SMILES string of the molecule is Cc1cc(C(F)(F)F)cnc1C(=O)Nc1ccc(F)cc1.NC1=NC(C(F)F)CCC1. The summed E-state index contributed by atoms with van der Waals surface area (Å²) in [6.07, 6.45) is -4.37. The number of alkyl halides is 5. The van der Waals surface area contributed by atoms with E-state index in [0.717, 1.165) is 24.6 Å². The molecule has 0 bridgehead atoms. The minimum absolute atomic E-state index is 0.101. The lowest BCUT2D eigenvalue weighted by Gasteiger charge is -2.16. The number of carbonyl (C=O) groups excluding carboxylic acids is 1. The quantitative estimate of drug-likeness (QED) is 0.654. The highest BCUT2D eigenvalue weighted by Gasteiger charge is 2.31. The van der Waals surface area contributed by atoms with Gasteiger partial charge in [-0.15, -0.1) is 0 Å². The molecule has 0 radical (unpaired) electrons. The molecule has 3 rings (SSSR count). The fraction of sp³-hybridized carbons (Fsp3) is 0.350. The van der Waals surface area contributed by atoms with Crippen molar-refractivity contribution in [1.29, 1.82) is 0 Å². The molecule has 1 aliphatic rings. The van der Waals surface area contributed by atoms with Crippen LogP contribution in [0.25, 0.3) is 0 Å². The highest BCUT2D eigenvalue weighted by molar-refractivity contribution is 6.03. The van der Waals surface area contributed by atoms with Gasteiger partial charge in [-0.25, -0.2) is 13.2 Å². The minimum Gasteiger partial charge on any atom is -0.387 e. The zero-order chi connectivity index (χ0) is 23.2. The molecule has 2 heterocycles. The molecule has 1 amide bonds. The van der Waals surface area contributed by atoms with Gasteiger partial charge in [0.1, 0.15) is 17.6 Å². The van der Waals surface area contributed by atoms with Crippen molar-refractivity contribution >= 4 is 17.4 Å². The van der Waals surface area contributed by atoms with Crippen LogP contribution in [-0.4, -0.2) is 29.2 Å². The third-order valence-corrected chi connectivity index (χ3v) is 4.28. The van der Waals surface area contributed by atoms with Crippen LogP contribution >= 0.6 is 0 Å². The van der Waals surface area contributed by atoms with Crippen molar-refractivity contribution in [3.63, 3.8) is 0 Å². The van der Waals surface area contributed by atoms with E-state index in [9.17, 15) is 31.1 Å². The summed E-state index contributed by atoms with van der Waals surface area (Å²) in [7, 11) is 0. The lowest BCUT2D eigenvalue weighted by molar-refractivity contribution is -0.137. The van der Waals surface area contributed by atoms with Crippen LogP contribution < -0.4 is 11.1 Å². The number of amidine groups is 1. The van der Waals surface area contributed by atoms with Gasteiger partial charge < -0.3 is 11.1 Å². The number of carbonyl (C=O) groups is 1. The van der Waals surface area contributed by atoms with Crippen LogP contribution in [0.1, 0.15) is 40.9 Å². The first-order chi connectivity index (χ1) is 14.5. The van der Waals surface area contributed by atoms with Gasteiger partial charge in [0.15, 0.2) is 0 Å². The first kappa shape index (κ1) is 24.2. The van der Waals surface area contributed by atoms with Crippen molar-refractivity contribution in [3.05, 3.63) is 59.2 Å². The topological polar surface area (TPSA) is 80.4 Å². The summed E-state index contributed by atoms with van der Waals surface area (Å²) in [5, 5.41) is 2.44. The summed E-state index contributed by atoms with van der Waals surface area (Å²) in [5.74, 6) is -0.749. The minimum atomic E-state index is -4.51. The van der Waals surface area contributed by atoms with Gasteiger partial charge in [-0.2, -0.15) is 13.2 Å². The molecule has 0 fully saturated rings. The number of aromatic nitrogens is 1. The van der Waals surface area contributed by atoms with Crippen molar-refractivity contribution in [2.75, 3.05) is 5.32 Å². The van der Waals surface area contributed by atoms with E-state index in [4.69, 9.17) is 5.73 Å². The molecule has 3 N–H and O–H groups in total. The Balaban J connectivity index is 0.000000285. The van der Waals surface area contributed by atoms with Crippen molar-refractivity contribution in [2.45, 2.75) is 44.8 Å². The van der Waals surface area contributed by atoms with E-state index in [0.29, 0.717) is 30.6 Å². The van der Waals surface area contributed by atoms with Crippen LogP contribution in [0, 0.1) is 12.7 Å². The number of hydrogen-bond acceptors (Lipinski definition) is 4. The average molecular weight is 446 g/mol. The molecular formula is C20H20F6N4O. The van der Waals surface area contributed by atoms with Crippen LogP contribution in [0.4, 0.5) is 32.0 Å². The fourth-order valence-corrected chi connectivity index (χ4v) is 2.71. The number of aryl methyl sites for hydroxylation is 1. The molecule has 1 unspecified atom stereocenters. The van der Waals surface area contributed by atoms with E-state index in [1.165, 1.54) is 19.1 Å². The van der Waals surface area contributed by atoms with Gasteiger partial charge in [-0.05, 0) is 55.7 Å². The fourth-order valence-electron chi connectivity index (χ4n) is 2.71. The third kappa shape index (κ3) is 7.26. The maximum Gasteiger partial charge on any atom is 0.417 e. The molecule has 1 aliphatic heterocycles. The van der Waals surface area contributed by atoms with Crippen molar-refractivity contribution in [3.8, 4) is 0 Å². The highest BCUT2D eigenvalue weighted by atomic mass is 19.4. The van der Waals surface area contributed by atoms with Crippen LogP contribution in [0.3, 0.4) is 0 Å². The van der Waals surface area contributed by atoms with Gasteiger partial charge in [0.2, 0.25) is 0 Å². The van der Waals surface area contributed by atoms with Gasteiger partial charge in [0, 0.05) is 18.3 Å². The Morgan fingerprint density at radius 2 is 1.87 bits per heavy atom. The van der Waals surface area contributed by atoms with Crippen LogP contribution in [0.15, 0.2) is 41.5 Å². The third-order valence-electron chi connectivity index (χ3n) is 4.28. The highest BCUT2D eigenvalue weighted by Crippen LogP contribution is 2.29. The summed E-state index contributed by atoms with van der Waals surface area (Å²) < 4.78 is 74.1. The lowest BCUT2D eigenvalue weighted by atomic mass is 10.1.